The summed E-state index contributed by atoms with van der Waals surface area (Å²) in [5.41, 5.74) is 6.93. The Morgan fingerprint density at radius 3 is 3.00 bits per heavy atom. The van der Waals surface area contributed by atoms with Gasteiger partial charge in [-0.3, -0.25) is 4.79 Å². The normalized spacial score (nSPS) is 10.4. The summed E-state index contributed by atoms with van der Waals surface area (Å²) in [7, 11) is 0. The number of rotatable bonds is 8. The first-order chi connectivity index (χ1) is 10.7. The minimum Gasteiger partial charge on any atom is -0.491 e. The van der Waals surface area contributed by atoms with Gasteiger partial charge in [0.2, 0.25) is 0 Å². The van der Waals surface area contributed by atoms with E-state index in [1.54, 1.807) is 30.7 Å². The lowest BCUT2D eigenvalue weighted by Gasteiger charge is -2.10. The van der Waals surface area contributed by atoms with Crippen LogP contribution in [0.4, 0.5) is 5.69 Å². The van der Waals surface area contributed by atoms with Crippen LogP contribution in [0.2, 0.25) is 0 Å². The molecule has 0 bridgehead atoms. The number of aryl methyl sites for hydroxylation is 1. The maximum atomic E-state index is 12.1. The van der Waals surface area contributed by atoms with Gasteiger partial charge in [-0.15, -0.1) is 0 Å². The molecule has 0 saturated heterocycles. The van der Waals surface area contributed by atoms with Gasteiger partial charge in [0.1, 0.15) is 5.75 Å². The number of nitrogen functional groups attached to an aromatic ring is 1. The molecule has 0 saturated carbocycles. The Hall–Kier alpha value is -2.50. The molecule has 22 heavy (non-hydrogen) atoms. The van der Waals surface area contributed by atoms with Gasteiger partial charge < -0.3 is 20.4 Å². The van der Waals surface area contributed by atoms with Crippen molar-refractivity contribution in [2.75, 3.05) is 18.9 Å². The number of imidazole rings is 1. The molecule has 1 aromatic heterocycles. The summed E-state index contributed by atoms with van der Waals surface area (Å²) < 4.78 is 7.47. The number of anilines is 1. The van der Waals surface area contributed by atoms with Gasteiger partial charge in [0, 0.05) is 31.0 Å². The average molecular weight is 302 g/mol. The van der Waals surface area contributed by atoms with E-state index in [4.69, 9.17) is 10.5 Å². The molecule has 0 aliphatic heterocycles. The fraction of sp³-hybridized carbons (Fsp3) is 0.375. The molecule has 0 atom stereocenters. The van der Waals surface area contributed by atoms with E-state index in [2.05, 4.69) is 10.3 Å². The Kier molecular flexibility index (Phi) is 5.82. The van der Waals surface area contributed by atoms with Crippen molar-refractivity contribution in [2.24, 2.45) is 0 Å². The van der Waals surface area contributed by atoms with Gasteiger partial charge in [0.15, 0.2) is 0 Å². The fourth-order valence-electron chi connectivity index (χ4n) is 2.02. The number of hydrogen-bond donors (Lipinski definition) is 2. The molecule has 1 amide bonds. The number of nitrogens with zero attached hydrogens (tertiary/aromatic N) is 2. The number of ether oxygens (including phenoxy) is 1. The first kappa shape index (κ1) is 15.9. The highest BCUT2D eigenvalue weighted by Gasteiger charge is 2.08. The van der Waals surface area contributed by atoms with E-state index in [-0.39, 0.29) is 5.91 Å². The van der Waals surface area contributed by atoms with Gasteiger partial charge in [0.25, 0.3) is 5.91 Å². The first-order valence-corrected chi connectivity index (χ1v) is 7.47. The third kappa shape index (κ3) is 4.51. The lowest BCUT2D eigenvalue weighted by molar-refractivity contribution is 0.0952. The number of aromatic nitrogens is 2. The van der Waals surface area contributed by atoms with Crippen LogP contribution in [0.3, 0.4) is 0 Å². The van der Waals surface area contributed by atoms with Crippen molar-refractivity contribution in [2.45, 2.75) is 26.3 Å². The highest BCUT2D eigenvalue weighted by atomic mass is 16.5. The molecule has 0 fully saturated rings. The van der Waals surface area contributed by atoms with Crippen molar-refractivity contribution in [1.29, 1.82) is 0 Å². The van der Waals surface area contributed by atoms with Crippen molar-refractivity contribution in [3.05, 3.63) is 42.5 Å². The highest BCUT2D eigenvalue weighted by Crippen LogP contribution is 2.22. The van der Waals surface area contributed by atoms with Gasteiger partial charge in [-0.1, -0.05) is 6.92 Å². The lowest BCUT2D eigenvalue weighted by Crippen LogP contribution is -2.25. The second kappa shape index (κ2) is 8.07. The molecular formula is C16H22N4O2. The molecule has 0 unspecified atom stereocenters. The van der Waals surface area contributed by atoms with Gasteiger partial charge in [-0.05, 0) is 31.0 Å². The number of hydrogen-bond acceptors (Lipinski definition) is 4. The van der Waals surface area contributed by atoms with Crippen LogP contribution in [0.1, 0.15) is 30.1 Å². The van der Waals surface area contributed by atoms with Gasteiger partial charge >= 0.3 is 0 Å². The molecule has 3 N–H and O–H groups in total. The molecule has 2 aromatic rings. The smallest absolute Gasteiger partial charge is 0.251 e. The Balaban J connectivity index is 1.80. The van der Waals surface area contributed by atoms with Crippen LogP contribution in [0.25, 0.3) is 0 Å². The molecule has 0 aliphatic carbocycles. The van der Waals surface area contributed by atoms with Crippen molar-refractivity contribution >= 4 is 11.6 Å². The van der Waals surface area contributed by atoms with Crippen LogP contribution >= 0.6 is 0 Å². The number of nitrogens with one attached hydrogen (secondary N) is 1. The standard InChI is InChI=1S/C16H22N4O2/c1-2-10-22-15-5-4-13(11-14(15)17)16(21)19-6-3-8-20-9-7-18-12-20/h4-5,7,9,11-12H,2-3,6,8,10,17H2,1H3,(H,19,21). The van der Waals surface area contributed by atoms with E-state index >= 15 is 0 Å². The summed E-state index contributed by atoms with van der Waals surface area (Å²) >= 11 is 0. The topological polar surface area (TPSA) is 82.2 Å². The number of carbonyl (C=O) groups is 1. The van der Waals surface area contributed by atoms with Gasteiger partial charge in [-0.25, -0.2) is 4.98 Å². The summed E-state index contributed by atoms with van der Waals surface area (Å²) in [4.78, 5) is 16.0. The maximum Gasteiger partial charge on any atom is 0.251 e. The molecule has 0 aliphatic rings. The Labute approximate surface area is 130 Å². The zero-order valence-electron chi connectivity index (χ0n) is 12.8. The number of benzene rings is 1. The number of nitrogens with two attached hydrogens (primary N) is 1. The lowest BCUT2D eigenvalue weighted by atomic mass is 10.1. The highest BCUT2D eigenvalue weighted by molar-refractivity contribution is 5.95. The zero-order valence-corrected chi connectivity index (χ0v) is 12.8. The van der Waals surface area contributed by atoms with Crippen LogP contribution in [0, 0.1) is 0 Å². The maximum absolute atomic E-state index is 12.1. The van der Waals surface area contributed by atoms with Crippen LogP contribution in [-0.4, -0.2) is 28.6 Å². The van der Waals surface area contributed by atoms with Crippen molar-refractivity contribution in [3.8, 4) is 5.75 Å². The van der Waals surface area contributed by atoms with E-state index in [1.165, 1.54) is 0 Å². The van der Waals surface area contributed by atoms with E-state index in [9.17, 15) is 4.79 Å². The van der Waals surface area contributed by atoms with Crippen LogP contribution in [-0.2, 0) is 6.54 Å². The van der Waals surface area contributed by atoms with Crippen molar-refractivity contribution in [3.63, 3.8) is 0 Å². The summed E-state index contributed by atoms with van der Waals surface area (Å²) in [6.07, 6.45) is 7.16. The van der Waals surface area contributed by atoms with Crippen LogP contribution in [0.5, 0.6) is 5.75 Å². The molecule has 118 valence electrons. The van der Waals surface area contributed by atoms with Crippen molar-refractivity contribution in [1.82, 2.24) is 14.9 Å². The summed E-state index contributed by atoms with van der Waals surface area (Å²) in [5.74, 6) is 0.498. The summed E-state index contributed by atoms with van der Waals surface area (Å²) in [6.45, 7) is 4.07. The SMILES string of the molecule is CCCOc1ccc(C(=O)NCCCn2ccnc2)cc1N. The molecule has 6 heteroatoms. The fourth-order valence-corrected chi connectivity index (χ4v) is 2.02. The molecular weight excluding hydrogens is 280 g/mol. The third-order valence-electron chi connectivity index (χ3n) is 3.17. The predicted octanol–water partition coefficient (Wildman–Crippen LogP) is 2.07. The zero-order chi connectivity index (χ0) is 15.8. The van der Waals surface area contributed by atoms with Gasteiger partial charge in [-0.2, -0.15) is 0 Å². The number of amides is 1. The molecule has 0 radical (unpaired) electrons. The molecule has 0 spiro atoms. The van der Waals surface area contributed by atoms with Crippen LogP contribution < -0.4 is 15.8 Å². The summed E-state index contributed by atoms with van der Waals surface area (Å²) in [5, 5.41) is 2.88. The minimum absolute atomic E-state index is 0.126. The van der Waals surface area contributed by atoms with E-state index in [0.29, 0.717) is 30.2 Å². The predicted molar refractivity (Wildman–Crippen MR) is 85.8 cm³/mol. The Morgan fingerprint density at radius 2 is 2.32 bits per heavy atom. The molecule has 1 aromatic carbocycles. The largest absolute Gasteiger partial charge is 0.491 e. The first-order valence-electron chi connectivity index (χ1n) is 7.47. The molecule has 2 rings (SSSR count). The molecule has 6 nitrogen and oxygen atoms in total. The van der Waals surface area contributed by atoms with Gasteiger partial charge in [0.05, 0.1) is 18.6 Å². The quantitative estimate of drug-likeness (QED) is 0.578. The van der Waals surface area contributed by atoms with E-state index in [1.807, 2.05) is 17.7 Å². The second-order valence-corrected chi connectivity index (χ2v) is 5.01. The van der Waals surface area contributed by atoms with Crippen LogP contribution in [0.15, 0.2) is 36.9 Å². The number of carbonyl (C=O) groups excluding carboxylic acids is 1. The Bertz CT molecular complexity index is 596. The second-order valence-electron chi connectivity index (χ2n) is 5.01. The monoisotopic (exact) mass is 302 g/mol. The minimum atomic E-state index is -0.126. The third-order valence-corrected chi connectivity index (χ3v) is 3.17. The van der Waals surface area contributed by atoms with E-state index in [0.717, 1.165) is 19.4 Å². The van der Waals surface area contributed by atoms with Crippen molar-refractivity contribution < 1.29 is 9.53 Å². The Morgan fingerprint density at radius 1 is 1.45 bits per heavy atom. The summed E-state index contributed by atoms with van der Waals surface area (Å²) in [6, 6.07) is 5.12. The molecule has 1 heterocycles. The average Bonchev–Trinajstić information content (AvgIpc) is 3.03. The van der Waals surface area contributed by atoms with E-state index < -0.39 is 0 Å².